The molecule has 91 heavy (non-hydrogen) atoms. The Morgan fingerprint density at radius 1 is 0.637 bits per heavy atom. The molecule has 0 unspecified atom stereocenters. The molecule has 30 nitrogen and oxygen atoms in total. The maximum Gasteiger partial charge on any atom is 0.349 e. The van der Waals surface area contributed by atoms with Gasteiger partial charge in [0.2, 0.25) is 23.4 Å². The number of fused-ring (bicyclic) bond motifs is 4. The number of nitrogens with one attached hydrogen (secondary N) is 3. The zero-order valence-electron chi connectivity index (χ0n) is 54.5. The summed E-state index contributed by atoms with van der Waals surface area (Å²) in [6.45, 7) is 42.1. The number of nitrogen functional groups attached to an aromatic ring is 3. The van der Waals surface area contributed by atoms with E-state index < -0.39 is 0 Å². The third-order valence-corrected chi connectivity index (χ3v) is 13.0. The number of guanidine groups is 1. The third-order valence-electron chi connectivity index (χ3n) is 13.0. The number of imidazole rings is 3. The van der Waals surface area contributed by atoms with Crippen molar-refractivity contribution in [2.75, 3.05) is 23.8 Å². The Hall–Kier alpha value is -10.6. The second kappa shape index (κ2) is 32.6. The molecule has 11 heterocycles. The van der Waals surface area contributed by atoms with Gasteiger partial charge in [0.15, 0.2) is 22.3 Å². The number of aryl methyl sites for hydroxylation is 2. The minimum absolute atomic E-state index is 0. The monoisotopic (exact) mass is 1250 g/mol. The van der Waals surface area contributed by atoms with Crippen molar-refractivity contribution in [3.05, 3.63) is 147 Å². The second-order valence-electron chi connectivity index (χ2n) is 22.4. The highest BCUT2D eigenvalue weighted by Gasteiger charge is 2.17. The van der Waals surface area contributed by atoms with Crippen LogP contribution in [0.25, 0.3) is 33.5 Å². The summed E-state index contributed by atoms with van der Waals surface area (Å²) in [5, 5.41) is 10.9. The van der Waals surface area contributed by atoms with Crippen molar-refractivity contribution in [3.63, 3.8) is 0 Å². The van der Waals surface area contributed by atoms with Gasteiger partial charge in [0.1, 0.15) is 35.4 Å². The van der Waals surface area contributed by atoms with Gasteiger partial charge in [-0.25, -0.2) is 43.7 Å². The summed E-state index contributed by atoms with van der Waals surface area (Å²) in [6.07, 6.45) is 13.3. The van der Waals surface area contributed by atoms with Crippen LogP contribution in [-0.4, -0.2) is 124 Å². The lowest BCUT2D eigenvalue weighted by Gasteiger charge is -2.29. The molecule has 0 fully saturated rings. The van der Waals surface area contributed by atoms with Crippen LogP contribution in [0.3, 0.4) is 0 Å². The Morgan fingerprint density at radius 2 is 1.24 bits per heavy atom. The van der Waals surface area contributed by atoms with Crippen molar-refractivity contribution >= 4 is 69.2 Å². The lowest BCUT2D eigenvalue weighted by Crippen LogP contribution is -2.38. The summed E-state index contributed by atoms with van der Waals surface area (Å²) < 4.78 is 14.3. The molecule has 11 rings (SSSR count). The van der Waals surface area contributed by atoms with Crippen LogP contribution in [0.4, 0.5) is 17.5 Å². The normalized spacial score (nSPS) is 12.6. The molecular formula is C61H91N25O5. The number of carbonyl (C=O) groups excluding carboxylic acids is 1. The number of amides is 1. The summed E-state index contributed by atoms with van der Waals surface area (Å²) in [7, 11) is 0. The van der Waals surface area contributed by atoms with Crippen molar-refractivity contribution in [3.8, 4) is 5.88 Å². The number of hydrogen-bond acceptors (Lipinski definition) is 22. The fourth-order valence-electron chi connectivity index (χ4n) is 8.46. The highest BCUT2D eigenvalue weighted by molar-refractivity contribution is 5.90. The minimum atomic E-state index is -0.315. The first-order valence-corrected chi connectivity index (χ1v) is 29.2. The zero-order chi connectivity index (χ0) is 67.0. The summed E-state index contributed by atoms with van der Waals surface area (Å²) >= 11 is 0. The topological polar surface area (TPSA) is 396 Å². The van der Waals surface area contributed by atoms with E-state index in [0.29, 0.717) is 71.0 Å². The van der Waals surface area contributed by atoms with Gasteiger partial charge in [-0.2, -0.15) is 20.1 Å². The molecule has 30 heteroatoms. The van der Waals surface area contributed by atoms with Gasteiger partial charge in [0.25, 0.3) is 17.0 Å². The number of anilines is 3. The van der Waals surface area contributed by atoms with E-state index in [-0.39, 0.29) is 71.5 Å². The maximum absolute atomic E-state index is 11.5. The first kappa shape index (κ1) is 72.9. The van der Waals surface area contributed by atoms with Crippen molar-refractivity contribution in [2.45, 2.75) is 167 Å². The average Bonchev–Trinajstić information content (AvgIpc) is 3.80. The fraction of sp³-hybridized carbons (Fsp3) is 0.426. The summed E-state index contributed by atoms with van der Waals surface area (Å²) in [5.74, 6) is 4.44. The molecule has 1 amide bonds. The molecule has 0 saturated carbocycles. The van der Waals surface area contributed by atoms with E-state index in [1.807, 2.05) is 119 Å². The Kier molecular flexibility index (Phi) is 26.1. The predicted octanol–water partition coefficient (Wildman–Crippen LogP) is 7.66. The molecule has 2 aliphatic heterocycles. The van der Waals surface area contributed by atoms with E-state index in [2.05, 4.69) is 117 Å². The number of ether oxygens (including phenoxy) is 1. The molecule has 0 radical (unpaired) electrons. The molecule has 2 aliphatic rings. The number of aromatic nitrogens is 16. The van der Waals surface area contributed by atoms with E-state index in [1.165, 1.54) is 20.9 Å². The van der Waals surface area contributed by atoms with Gasteiger partial charge in [-0.15, -0.1) is 5.10 Å². The van der Waals surface area contributed by atoms with Gasteiger partial charge in [-0.1, -0.05) is 48.3 Å². The van der Waals surface area contributed by atoms with Crippen LogP contribution in [0.1, 0.15) is 164 Å². The van der Waals surface area contributed by atoms with E-state index in [4.69, 9.17) is 27.7 Å². The number of H-pyrrole nitrogens is 2. The number of nitrogens with zero attached hydrogens (tertiary/aromatic N) is 18. The van der Waals surface area contributed by atoms with Crippen LogP contribution in [0.2, 0.25) is 0 Å². The molecule has 0 aliphatic carbocycles. The smallest absolute Gasteiger partial charge is 0.349 e. The molecule has 9 aromatic heterocycles. The molecule has 0 saturated heterocycles. The summed E-state index contributed by atoms with van der Waals surface area (Å²) in [6, 6.07) is 8.89. The van der Waals surface area contributed by atoms with Crippen LogP contribution >= 0.6 is 0 Å². The standard InChI is InChI=1S/C11H16N4O.C10H13N3.C9H12N4O.C8H11N5O.C8H12N2O.C7H12N4.C7H11N3O.CH4/c1-5-16-11-9-10(13-8(4)14-11)15(6-12-9)7(2)3;1-7(2)9-3-4-10-8(11)5-6-12-13(9)10;1-5(2)13-4-10-7-8(13)11-6(3)12-9(7)14;1-4(2)5-3-10-6-7(14)11-8(9)12-13(5)6;1-6(2)10-5-4-8(11)9-7(10)3;1-5(2)11-4-9-7(8)10-6(11)3;1-5(2)10-4-3-6(8)9-7(10)11;/h6-7H,5H2,1-4H3;3-7H,11H2,1-2H3;4-5H,1-3H3,(H,11,12,14);3-4H,1-2H3,(H3,9,11,12,14);4-6H,3H2,1-2H3,(H,9,11);4-5H,3H2,1-2H3,(H2,8,10);3-5H,1-2H3,(H2,8,9,11);1H4. The number of aromatic amines is 2. The number of nitrogens with two attached hydrogens (primary N) is 4. The maximum atomic E-state index is 11.5. The second-order valence-corrected chi connectivity index (χ2v) is 22.4. The molecule has 0 bridgehead atoms. The molecule has 0 aromatic carbocycles. The highest BCUT2D eigenvalue weighted by Crippen LogP contribution is 2.24. The van der Waals surface area contributed by atoms with Gasteiger partial charge < -0.3 is 56.9 Å². The largest absolute Gasteiger partial charge is 0.476 e. The van der Waals surface area contributed by atoms with Crippen LogP contribution in [0.15, 0.2) is 117 Å². The molecule has 490 valence electrons. The summed E-state index contributed by atoms with van der Waals surface area (Å²) in [5.41, 5.74) is 27.9. The molecule has 11 N–H and O–H groups in total. The van der Waals surface area contributed by atoms with Gasteiger partial charge in [-0.05, 0) is 126 Å². The number of hydrogen-bond donors (Lipinski definition) is 7. The fourth-order valence-corrected chi connectivity index (χ4v) is 8.46. The van der Waals surface area contributed by atoms with Crippen molar-refractivity contribution in [1.82, 2.24) is 92.9 Å². The van der Waals surface area contributed by atoms with Crippen LogP contribution in [0, 0.1) is 13.8 Å². The highest BCUT2D eigenvalue weighted by atomic mass is 16.5. The van der Waals surface area contributed by atoms with Crippen LogP contribution < -0.4 is 49.8 Å². The lowest BCUT2D eigenvalue weighted by molar-refractivity contribution is -0.116. The van der Waals surface area contributed by atoms with Gasteiger partial charge in [0.05, 0.1) is 42.4 Å². The molecule has 0 spiro atoms. The van der Waals surface area contributed by atoms with Crippen LogP contribution in [-0.2, 0) is 4.79 Å². The van der Waals surface area contributed by atoms with Gasteiger partial charge in [0, 0.05) is 60.6 Å². The average molecular weight is 1250 g/mol. The number of aliphatic imine (C=N–C) groups is 2. The van der Waals surface area contributed by atoms with E-state index in [0.717, 1.165) is 28.1 Å². The molecule has 0 atom stereocenters. The lowest BCUT2D eigenvalue weighted by atomic mass is 10.1. The predicted molar refractivity (Wildman–Crippen MR) is 360 cm³/mol. The van der Waals surface area contributed by atoms with Crippen molar-refractivity contribution in [2.24, 2.45) is 15.7 Å². The summed E-state index contributed by atoms with van der Waals surface area (Å²) in [4.78, 5) is 90.0. The molecular weight excluding hydrogens is 1160 g/mol. The first-order valence-electron chi connectivity index (χ1n) is 29.2. The van der Waals surface area contributed by atoms with Crippen molar-refractivity contribution in [1.29, 1.82) is 0 Å². The Labute approximate surface area is 529 Å². The first-order chi connectivity index (χ1) is 42.3. The Balaban J connectivity index is 0.000000227. The van der Waals surface area contributed by atoms with Gasteiger partial charge in [-0.3, -0.25) is 23.9 Å². The van der Waals surface area contributed by atoms with E-state index in [9.17, 15) is 19.2 Å². The van der Waals surface area contributed by atoms with Crippen LogP contribution in [0.5, 0.6) is 5.88 Å². The quantitative estimate of drug-likeness (QED) is 0.0728. The zero-order valence-corrected chi connectivity index (χ0v) is 54.5. The number of rotatable bonds is 9. The Bertz CT molecular complexity index is 4110. The Morgan fingerprint density at radius 3 is 1.79 bits per heavy atom. The van der Waals surface area contributed by atoms with Crippen molar-refractivity contribution < 1.29 is 9.53 Å². The number of carbonyl (C=O) groups is 1. The van der Waals surface area contributed by atoms with E-state index in [1.54, 1.807) is 56.8 Å². The van der Waals surface area contributed by atoms with E-state index >= 15 is 0 Å². The van der Waals surface area contributed by atoms with Gasteiger partial charge >= 0.3 is 5.69 Å². The minimum Gasteiger partial charge on any atom is -0.476 e. The third kappa shape index (κ3) is 19.2. The SMILES string of the molecule is C.C=C1N=C(N)N=CN1C(C)C.C=C1NC(=O)C=CN1C(C)C.CC(C)c1ccc2c(N)ccnn12.CC(C)c1cnc2c(=O)[nH]c(N)nn12.CC(C)n1ccc(N)nc1=O.CCOc1nc(C)nc2c1ncn2C(C)C.Cc1nc2c(ncn2C(C)C)c(=O)[nH]1. The molecule has 9 aromatic rings.